The second-order valence-electron chi connectivity index (χ2n) is 7.75. The fraction of sp³-hybridized carbons (Fsp3) is 0.231. The van der Waals surface area contributed by atoms with Crippen molar-refractivity contribution in [1.82, 2.24) is 4.90 Å². The van der Waals surface area contributed by atoms with Crippen LogP contribution in [0.5, 0.6) is 17.2 Å². The third-order valence-electron chi connectivity index (χ3n) is 5.98. The van der Waals surface area contributed by atoms with Crippen molar-refractivity contribution in [2.45, 2.75) is 12.0 Å². The van der Waals surface area contributed by atoms with Crippen LogP contribution in [0.3, 0.4) is 0 Å². The standard InChI is InChI=1S/C26H26N2O5/c1-28-24(16-9-11-17(31-2)12-10-16)23(19-7-5-6-8-20(19)26(28)30)25(29)27-21-15-18(32-3)13-14-22(21)33-4/h5-15,23-24H,1-4H3,(H,27,29)/t23-,24+/m1/s1. The summed E-state index contributed by atoms with van der Waals surface area (Å²) in [4.78, 5) is 28.6. The number of benzene rings is 3. The van der Waals surface area contributed by atoms with Crippen molar-refractivity contribution in [3.63, 3.8) is 0 Å². The minimum atomic E-state index is -0.645. The summed E-state index contributed by atoms with van der Waals surface area (Å²) in [6.45, 7) is 0. The summed E-state index contributed by atoms with van der Waals surface area (Å²) < 4.78 is 16.0. The number of amides is 2. The molecule has 7 nitrogen and oxygen atoms in total. The first kappa shape index (κ1) is 22.2. The second-order valence-corrected chi connectivity index (χ2v) is 7.75. The van der Waals surface area contributed by atoms with E-state index >= 15 is 0 Å². The maximum atomic E-state index is 13.8. The molecule has 0 saturated carbocycles. The molecule has 33 heavy (non-hydrogen) atoms. The van der Waals surface area contributed by atoms with E-state index in [0.29, 0.717) is 34.1 Å². The van der Waals surface area contributed by atoms with Crippen molar-refractivity contribution < 1.29 is 23.8 Å². The highest BCUT2D eigenvalue weighted by Crippen LogP contribution is 2.43. The molecule has 4 rings (SSSR count). The molecule has 2 atom stereocenters. The average molecular weight is 447 g/mol. The zero-order chi connectivity index (χ0) is 23.5. The van der Waals surface area contributed by atoms with Gasteiger partial charge in [-0.2, -0.15) is 0 Å². The lowest BCUT2D eigenvalue weighted by atomic mass is 9.79. The molecule has 0 bridgehead atoms. The molecule has 1 heterocycles. The van der Waals surface area contributed by atoms with Crippen LogP contribution in [0.15, 0.2) is 66.7 Å². The van der Waals surface area contributed by atoms with Crippen LogP contribution in [0.2, 0.25) is 0 Å². The summed E-state index contributed by atoms with van der Waals surface area (Å²) >= 11 is 0. The molecule has 0 unspecified atom stereocenters. The lowest BCUT2D eigenvalue weighted by Crippen LogP contribution is -2.44. The van der Waals surface area contributed by atoms with E-state index in [1.165, 1.54) is 0 Å². The normalized spacial score (nSPS) is 17.2. The maximum Gasteiger partial charge on any atom is 0.254 e. The van der Waals surface area contributed by atoms with E-state index in [9.17, 15) is 9.59 Å². The molecule has 170 valence electrons. The van der Waals surface area contributed by atoms with Gasteiger partial charge in [0.1, 0.15) is 17.2 Å². The zero-order valence-electron chi connectivity index (χ0n) is 19.0. The van der Waals surface area contributed by atoms with Crippen molar-refractivity contribution in [2.24, 2.45) is 0 Å². The van der Waals surface area contributed by atoms with Gasteiger partial charge in [0.2, 0.25) is 5.91 Å². The Morgan fingerprint density at radius 1 is 0.879 bits per heavy atom. The van der Waals surface area contributed by atoms with Gasteiger partial charge < -0.3 is 24.4 Å². The molecule has 0 saturated heterocycles. The van der Waals surface area contributed by atoms with Crippen LogP contribution < -0.4 is 19.5 Å². The van der Waals surface area contributed by atoms with Gasteiger partial charge in [-0.05, 0) is 41.5 Å². The third kappa shape index (κ3) is 4.09. The van der Waals surface area contributed by atoms with Gasteiger partial charge in [0.25, 0.3) is 5.91 Å². The summed E-state index contributed by atoms with van der Waals surface area (Å²) in [6.07, 6.45) is 0. The molecular formula is C26H26N2O5. The van der Waals surface area contributed by atoms with Gasteiger partial charge in [0, 0.05) is 18.7 Å². The van der Waals surface area contributed by atoms with Gasteiger partial charge in [-0.15, -0.1) is 0 Å². The number of methoxy groups -OCH3 is 3. The highest BCUT2D eigenvalue weighted by molar-refractivity contribution is 6.04. The number of carbonyl (C=O) groups excluding carboxylic acids is 2. The minimum absolute atomic E-state index is 0.130. The molecular weight excluding hydrogens is 420 g/mol. The Morgan fingerprint density at radius 2 is 1.55 bits per heavy atom. The Hall–Kier alpha value is -4.00. The number of hydrogen-bond donors (Lipinski definition) is 1. The van der Waals surface area contributed by atoms with E-state index < -0.39 is 12.0 Å². The van der Waals surface area contributed by atoms with E-state index in [1.54, 1.807) is 63.6 Å². The molecule has 0 spiro atoms. The molecule has 1 N–H and O–H groups in total. The smallest absolute Gasteiger partial charge is 0.254 e. The van der Waals surface area contributed by atoms with Crippen LogP contribution in [0.1, 0.15) is 33.4 Å². The predicted molar refractivity (Wildman–Crippen MR) is 125 cm³/mol. The highest BCUT2D eigenvalue weighted by Gasteiger charge is 2.42. The Balaban J connectivity index is 1.80. The number of likely N-dealkylation sites (N-methyl/N-ethyl adjacent to an activating group) is 1. The Labute approximate surface area is 192 Å². The maximum absolute atomic E-state index is 13.8. The Bertz CT molecular complexity index is 1180. The van der Waals surface area contributed by atoms with E-state index in [0.717, 1.165) is 5.56 Å². The minimum Gasteiger partial charge on any atom is -0.497 e. The largest absolute Gasteiger partial charge is 0.497 e. The number of carbonyl (C=O) groups is 2. The average Bonchev–Trinajstić information content (AvgIpc) is 2.86. The number of fused-ring (bicyclic) bond motifs is 1. The monoisotopic (exact) mass is 446 g/mol. The topological polar surface area (TPSA) is 77.1 Å². The van der Waals surface area contributed by atoms with Crippen molar-refractivity contribution in [1.29, 1.82) is 0 Å². The fourth-order valence-electron chi connectivity index (χ4n) is 4.30. The number of nitrogens with zero attached hydrogens (tertiary/aromatic N) is 1. The lowest BCUT2D eigenvalue weighted by molar-refractivity contribution is -0.119. The molecule has 7 heteroatoms. The highest BCUT2D eigenvalue weighted by atomic mass is 16.5. The molecule has 3 aromatic rings. The molecule has 1 aliphatic rings. The SMILES string of the molecule is COc1ccc([C@H]2[C@H](C(=O)Nc3cc(OC)ccc3OC)c3ccccc3C(=O)N2C)cc1. The summed E-state index contributed by atoms with van der Waals surface area (Å²) in [5.74, 6) is 0.774. The van der Waals surface area contributed by atoms with Crippen LogP contribution in [0.25, 0.3) is 0 Å². The second kappa shape index (κ2) is 9.24. The first-order valence-corrected chi connectivity index (χ1v) is 10.5. The lowest BCUT2D eigenvalue weighted by Gasteiger charge is -2.39. The van der Waals surface area contributed by atoms with Crippen LogP contribution in [0, 0.1) is 0 Å². The molecule has 3 aromatic carbocycles. The van der Waals surface area contributed by atoms with Gasteiger partial charge in [0.05, 0.1) is 39.0 Å². The molecule has 2 amide bonds. The van der Waals surface area contributed by atoms with Gasteiger partial charge >= 0.3 is 0 Å². The van der Waals surface area contributed by atoms with E-state index in [2.05, 4.69) is 5.32 Å². The van der Waals surface area contributed by atoms with Crippen LogP contribution in [-0.4, -0.2) is 45.1 Å². The zero-order valence-corrected chi connectivity index (χ0v) is 19.0. The first-order valence-electron chi connectivity index (χ1n) is 10.5. The third-order valence-corrected chi connectivity index (χ3v) is 5.98. The molecule has 0 fully saturated rings. The van der Waals surface area contributed by atoms with Crippen molar-refractivity contribution in [2.75, 3.05) is 33.7 Å². The Morgan fingerprint density at radius 3 is 2.21 bits per heavy atom. The van der Waals surface area contributed by atoms with Crippen LogP contribution in [-0.2, 0) is 4.79 Å². The van der Waals surface area contributed by atoms with Gasteiger partial charge in [-0.1, -0.05) is 30.3 Å². The van der Waals surface area contributed by atoms with E-state index in [1.807, 2.05) is 36.4 Å². The van der Waals surface area contributed by atoms with Crippen LogP contribution >= 0.6 is 0 Å². The van der Waals surface area contributed by atoms with Gasteiger partial charge in [-0.3, -0.25) is 9.59 Å². The van der Waals surface area contributed by atoms with E-state index in [-0.39, 0.29) is 11.8 Å². The number of nitrogens with one attached hydrogen (secondary N) is 1. The summed E-state index contributed by atoms with van der Waals surface area (Å²) in [5.41, 5.74) is 2.52. The Kier molecular flexibility index (Phi) is 6.22. The van der Waals surface area contributed by atoms with Gasteiger partial charge in [0.15, 0.2) is 0 Å². The van der Waals surface area contributed by atoms with E-state index in [4.69, 9.17) is 14.2 Å². The molecule has 0 aliphatic carbocycles. The number of anilines is 1. The summed E-state index contributed by atoms with van der Waals surface area (Å²) in [6, 6.07) is 19.4. The quantitative estimate of drug-likeness (QED) is 0.612. The number of rotatable bonds is 6. The number of hydrogen-bond acceptors (Lipinski definition) is 5. The number of ether oxygens (including phenoxy) is 3. The predicted octanol–water partition coefficient (Wildman–Crippen LogP) is 4.26. The summed E-state index contributed by atoms with van der Waals surface area (Å²) in [5, 5.41) is 3.00. The molecule has 1 aliphatic heterocycles. The summed E-state index contributed by atoms with van der Waals surface area (Å²) in [7, 11) is 6.42. The van der Waals surface area contributed by atoms with Crippen LogP contribution in [0.4, 0.5) is 5.69 Å². The first-order chi connectivity index (χ1) is 16.0. The fourth-order valence-corrected chi connectivity index (χ4v) is 4.30. The molecule has 0 aromatic heterocycles. The van der Waals surface area contributed by atoms with Crippen molar-refractivity contribution >= 4 is 17.5 Å². The van der Waals surface area contributed by atoms with Crippen molar-refractivity contribution in [3.8, 4) is 17.2 Å². The van der Waals surface area contributed by atoms with Gasteiger partial charge in [-0.25, -0.2) is 0 Å². The van der Waals surface area contributed by atoms with Crippen molar-refractivity contribution in [3.05, 3.63) is 83.4 Å². The molecule has 0 radical (unpaired) electrons.